The first-order valence-electron chi connectivity index (χ1n) is 7.43. The van der Waals surface area contributed by atoms with Crippen molar-refractivity contribution in [2.24, 2.45) is 0 Å². The minimum Gasteiger partial charge on any atom is -0.493 e. The molecule has 116 valence electrons. The molecule has 1 aliphatic rings. The quantitative estimate of drug-likeness (QED) is 0.779. The molecule has 7 nitrogen and oxygen atoms in total. The molecule has 0 saturated carbocycles. The third-order valence-corrected chi connectivity index (χ3v) is 3.90. The third kappa shape index (κ3) is 2.40. The molecule has 0 bridgehead atoms. The molecule has 7 heteroatoms. The Hall–Kier alpha value is -2.96. The maximum absolute atomic E-state index is 12.5. The number of carbonyl (C=O) groups excluding carboxylic acids is 1. The van der Waals surface area contributed by atoms with Gasteiger partial charge in [0.15, 0.2) is 0 Å². The number of para-hydroxylation sites is 1. The Morgan fingerprint density at radius 2 is 2.22 bits per heavy atom. The average molecular weight is 309 g/mol. The molecule has 1 aromatic carbocycles. The molecule has 0 spiro atoms. The summed E-state index contributed by atoms with van der Waals surface area (Å²) in [7, 11) is 0. The van der Waals surface area contributed by atoms with Gasteiger partial charge in [-0.15, -0.1) is 5.10 Å². The van der Waals surface area contributed by atoms with Gasteiger partial charge in [-0.3, -0.25) is 4.79 Å². The van der Waals surface area contributed by atoms with Gasteiger partial charge in [-0.05, 0) is 19.1 Å². The van der Waals surface area contributed by atoms with E-state index in [2.05, 4.69) is 20.4 Å². The van der Waals surface area contributed by atoms with Gasteiger partial charge in [0.25, 0.3) is 11.7 Å². The number of carbonyl (C=O) groups is 1. The van der Waals surface area contributed by atoms with Crippen LogP contribution in [-0.4, -0.2) is 32.1 Å². The third-order valence-electron chi connectivity index (χ3n) is 3.90. The lowest BCUT2D eigenvalue weighted by atomic mass is 10.0. The van der Waals surface area contributed by atoms with Crippen LogP contribution in [0.1, 0.15) is 34.3 Å². The fourth-order valence-electron chi connectivity index (χ4n) is 2.72. The van der Waals surface area contributed by atoms with Crippen molar-refractivity contribution in [1.29, 1.82) is 0 Å². The van der Waals surface area contributed by atoms with Crippen LogP contribution in [0.3, 0.4) is 0 Å². The predicted molar refractivity (Wildman–Crippen MR) is 82.3 cm³/mol. The van der Waals surface area contributed by atoms with Gasteiger partial charge in [0, 0.05) is 23.9 Å². The van der Waals surface area contributed by atoms with E-state index in [9.17, 15) is 4.79 Å². The lowest BCUT2D eigenvalue weighted by molar-refractivity contribution is 0.0914. The largest absolute Gasteiger partial charge is 0.493 e. The first-order valence-corrected chi connectivity index (χ1v) is 7.43. The number of amides is 1. The first-order chi connectivity index (χ1) is 11.2. The standard InChI is InChI=1S/C16H15N5O2/c1-10-6-8-17-16-19-14(20-21(10)16)15(22)18-12-7-9-23-13-5-3-2-4-11(12)13/h2-6,8,12H,7,9H2,1H3,(H,18,22). The number of nitrogens with zero attached hydrogens (tertiary/aromatic N) is 4. The molecule has 1 unspecified atom stereocenters. The van der Waals surface area contributed by atoms with Gasteiger partial charge in [0.05, 0.1) is 12.6 Å². The number of benzene rings is 1. The second kappa shape index (κ2) is 5.35. The van der Waals surface area contributed by atoms with Gasteiger partial charge in [-0.1, -0.05) is 18.2 Å². The minimum absolute atomic E-state index is 0.104. The van der Waals surface area contributed by atoms with Crippen molar-refractivity contribution in [3.63, 3.8) is 0 Å². The van der Waals surface area contributed by atoms with Crippen LogP contribution in [0, 0.1) is 6.92 Å². The summed E-state index contributed by atoms with van der Waals surface area (Å²) >= 11 is 0. The van der Waals surface area contributed by atoms with Crippen molar-refractivity contribution < 1.29 is 9.53 Å². The van der Waals surface area contributed by atoms with E-state index in [0.717, 1.165) is 17.0 Å². The van der Waals surface area contributed by atoms with Gasteiger partial charge in [-0.2, -0.15) is 4.98 Å². The summed E-state index contributed by atoms with van der Waals surface area (Å²) < 4.78 is 7.17. The van der Waals surface area contributed by atoms with Crippen LogP contribution in [0.4, 0.5) is 0 Å². The summed E-state index contributed by atoms with van der Waals surface area (Å²) in [6.07, 6.45) is 2.36. The van der Waals surface area contributed by atoms with Crippen LogP contribution in [0.25, 0.3) is 5.78 Å². The molecule has 2 aromatic heterocycles. The lowest BCUT2D eigenvalue weighted by Gasteiger charge is -2.26. The van der Waals surface area contributed by atoms with Crippen LogP contribution in [-0.2, 0) is 0 Å². The van der Waals surface area contributed by atoms with Gasteiger partial charge in [-0.25, -0.2) is 9.50 Å². The molecule has 1 aliphatic heterocycles. The number of hydrogen-bond acceptors (Lipinski definition) is 5. The topological polar surface area (TPSA) is 81.4 Å². The number of aromatic nitrogens is 4. The Labute approximate surface area is 132 Å². The van der Waals surface area contributed by atoms with E-state index in [1.807, 2.05) is 37.3 Å². The number of fused-ring (bicyclic) bond motifs is 2. The van der Waals surface area contributed by atoms with E-state index in [-0.39, 0.29) is 17.8 Å². The second-order valence-electron chi connectivity index (χ2n) is 5.43. The molecule has 0 aliphatic carbocycles. The molecular formula is C16H15N5O2. The summed E-state index contributed by atoms with van der Waals surface area (Å²) in [5.74, 6) is 1.04. The molecule has 0 radical (unpaired) electrons. The van der Waals surface area contributed by atoms with Crippen LogP contribution >= 0.6 is 0 Å². The van der Waals surface area contributed by atoms with Gasteiger partial charge >= 0.3 is 0 Å². The maximum atomic E-state index is 12.5. The van der Waals surface area contributed by atoms with Crippen molar-refractivity contribution in [2.45, 2.75) is 19.4 Å². The van der Waals surface area contributed by atoms with E-state index in [0.29, 0.717) is 18.8 Å². The van der Waals surface area contributed by atoms with E-state index in [1.165, 1.54) is 0 Å². The number of ether oxygens (including phenoxy) is 1. The Kier molecular flexibility index (Phi) is 3.18. The molecule has 0 saturated heterocycles. The Balaban J connectivity index is 1.61. The zero-order chi connectivity index (χ0) is 15.8. The molecule has 1 atom stereocenters. The van der Waals surface area contributed by atoms with Crippen LogP contribution in [0.2, 0.25) is 0 Å². The van der Waals surface area contributed by atoms with E-state index < -0.39 is 0 Å². The van der Waals surface area contributed by atoms with Gasteiger partial charge in [0.1, 0.15) is 5.75 Å². The summed E-state index contributed by atoms with van der Waals surface area (Å²) in [6.45, 7) is 2.46. The maximum Gasteiger partial charge on any atom is 0.291 e. The highest BCUT2D eigenvalue weighted by molar-refractivity contribution is 5.91. The Morgan fingerprint density at radius 1 is 1.35 bits per heavy atom. The number of aryl methyl sites for hydroxylation is 1. The Bertz CT molecular complexity index is 889. The lowest BCUT2D eigenvalue weighted by Crippen LogP contribution is -2.32. The zero-order valence-corrected chi connectivity index (χ0v) is 12.6. The summed E-state index contributed by atoms with van der Waals surface area (Å²) in [5.41, 5.74) is 1.85. The normalized spacial score (nSPS) is 16.7. The van der Waals surface area contributed by atoms with E-state index in [4.69, 9.17) is 4.74 Å². The second-order valence-corrected chi connectivity index (χ2v) is 5.43. The van der Waals surface area contributed by atoms with Crippen molar-refractivity contribution >= 4 is 11.7 Å². The Morgan fingerprint density at radius 3 is 3.09 bits per heavy atom. The minimum atomic E-state index is -0.309. The number of nitrogens with one attached hydrogen (secondary N) is 1. The van der Waals surface area contributed by atoms with Crippen molar-refractivity contribution in [2.75, 3.05) is 6.61 Å². The molecule has 3 aromatic rings. The summed E-state index contributed by atoms with van der Waals surface area (Å²) in [4.78, 5) is 20.8. The van der Waals surface area contributed by atoms with Gasteiger partial charge < -0.3 is 10.1 Å². The van der Waals surface area contributed by atoms with E-state index in [1.54, 1.807) is 10.7 Å². The number of rotatable bonds is 2. The predicted octanol–water partition coefficient (Wildman–Crippen LogP) is 1.69. The molecule has 1 amide bonds. The molecule has 3 heterocycles. The van der Waals surface area contributed by atoms with Crippen LogP contribution in [0.15, 0.2) is 36.5 Å². The highest BCUT2D eigenvalue weighted by Crippen LogP contribution is 2.31. The molecular weight excluding hydrogens is 294 g/mol. The zero-order valence-electron chi connectivity index (χ0n) is 12.6. The molecule has 4 rings (SSSR count). The van der Waals surface area contributed by atoms with Gasteiger partial charge in [0.2, 0.25) is 5.82 Å². The summed E-state index contributed by atoms with van der Waals surface area (Å²) in [5, 5.41) is 7.22. The monoisotopic (exact) mass is 309 g/mol. The molecule has 0 fully saturated rings. The highest BCUT2D eigenvalue weighted by Gasteiger charge is 2.24. The van der Waals surface area contributed by atoms with Crippen molar-refractivity contribution in [3.05, 3.63) is 53.6 Å². The number of hydrogen-bond donors (Lipinski definition) is 1. The highest BCUT2D eigenvalue weighted by atomic mass is 16.5. The van der Waals surface area contributed by atoms with Crippen molar-refractivity contribution in [3.8, 4) is 5.75 Å². The van der Waals surface area contributed by atoms with Crippen LogP contribution in [0.5, 0.6) is 5.75 Å². The average Bonchev–Trinajstić information content (AvgIpc) is 3.01. The fraction of sp³-hybridized carbons (Fsp3) is 0.250. The SMILES string of the molecule is Cc1ccnc2nc(C(=O)NC3CCOc4ccccc43)nn12. The van der Waals surface area contributed by atoms with E-state index >= 15 is 0 Å². The van der Waals surface area contributed by atoms with Crippen LogP contribution < -0.4 is 10.1 Å². The molecule has 23 heavy (non-hydrogen) atoms. The first kappa shape index (κ1) is 13.7. The smallest absolute Gasteiger partial charge is 0.291 e. The fourth-order valence-corrected chi connectivity index (χ4v) is 2.72. The summed E-state index contributed by atoms with van der Waals surface area (Å²) in [6, 6.07) is 9.43. The molecule has 1 N–H and O–H groups in total. The van der Waals surface area contributed by atoms with Crippen molar-refractivity contribution in [1.82, 2.24) is 24.9 Å².